The summed E-state index contributed by atoms with van der Waals surface area (Å²) in [6.07, 6.45) is 3.74. The monoisotopic (exact) mass is 333 g/mol. The molecule has 1 aliphatic rings. The quantitative estimate of drug-likeness (QED) is 0.777. The molecule has 102 valence electrons. The molecule has 1 atom stereocenters. The molecular weight excluding hydrogens is 314 g/mol. The van der Waals surface area contributed by atoms with Crippen molar-refractivity contribution in [2.24, 2.45) is 0 Å². The van der Waals surface area contributed by atoms with Crippen LogP contribution in [0.2, 0.25) is 0 Å². The Morgan fingerprint density at radius 1 is 1.44 bits per heavy atom. The van der Waals surface area contributed by atoms with E-state index in [0.717, 1.165) is 13.2 Å². The van der Waals surface area contributed by atoms with Gasteiger partial charge in [0.25, 0.3) is 0 Å². The zero-order chi connectivity index (χ0) is 12.8. The summed E-state index contributed by atoms with van der Waals surface area (Å²) in [6.45, 7) is 3.00. The van der Waals surface area contributed by atoms with Crippen molar-refractivity contribution in [1.82, 2.24) is 5.32 Å². The number of rotatable bonds is 7. The highest BCUT2D eigenvalue weighted by Crippen LogP contribution is 2.37. The molecule has 18 heavy (non-hydrogen) atoms. The van der Waals surface area contributed by atoms with Crippen LogP contribution in [-0.4, -0.2) is 33.5 Å². The lowest BCUT2D eigenvalue weighted by Gasteiger charge is -2.23. The highest BCUT2D eigenvalue weighted by Gasteiger charge is 2.21. The van der Waals surface area contributed by atoms with E-state index in [2.05, 4.69) is 27.3 Å². The molecule has 0 saturated carbocycles. The van der Waals surface area contributed by atoms with E-state index in [1.807, 2.05) is 11.3 Å². The fourth-order valence-corrected chi connectivity index (χ4v) is 4.10. The summed E-state index contributed by atoms with van der Waals surface area (Å²) in [5, 5.41) is 3.59. The molecule has 3 nitrogen and oxygen atoms in total. The van der Waals surface area contributed by atoms with Crippen molar-refractivity contribution in [2.75, 3.05) is 33.5 Å². The first-order chi connectivity index (χ1) is 8.81. The van der Waals surface area contributed by atoms with Crippen molar-refractivity contribution in [1.29, 1.82) is 0 Å². The number of ether oxygens (including phenoxy) is 2. The fourth-order valence-electron chi connectivity index (χ4n) is 2.28. The van der Waals surface area contributed by atoms with Gasteiger partial charge in [-0.05, 0) is 46.8 Å². The molecule has 0 aliphatic heterocycles. The smallest absolute Gasteiger partial charge is 0.0704 e. The van der Waals surface area contributed by atoms with Gasteiger partial charge in [0.15, 0.2) is 0 Å². The number of halogens is 1. The first-order valence-electron chi connectivity index (χ1n) is 6.39. The Morgan fingerprint density at radius 3 is 3.17 bits per heavy atom. The van der Waals surface area contributed by atoms with E-state index >= 15 is 0 Å². The van der Waals surface area contributed by atoms with Gasteiger partial charge in [0.05, 0.1) is 23.6 Å². The third-order valence-electron chi connectivity index (χ3n) is 3.15. The molecule has 0 fully saturated rings. The highest BCUT2D eigenvalue weighted by molar-refractivity contribution is 9.11. The lowest BCUT2D eigenvalue weighted by atomic mass is 9.94. The van der Waals surface area contributed by atoms with Crippen LogP contribution in [0.1, 0.15) is 29.3 Å². The summed E-state index contributed by atoms with van der Waals surface area (Å²) in [4.78, 5) is 1.53. The molecule has 0 amide bonds. The predicted molar refractivity (Wildman–Crippen MR) is 78.4 cm³/mol. The molecule has 1 N–H and O–H groups in total. The topological polar surface area (TPSA) is 30.5 Å². The molecule has 1 aromatic heterocycles. The van der Waals surface area contributed by atoms with E-state index in [9.17, 15) is 0 Å². The maximum Gasteiger partial charge on any atom is 0.0704 e. The van der Waals surface area contributed by atoms with Gasteiger partial charge >= 0.3 is 0 Å². The van der Waals surface area contributed by atoms with Gasteiger partial charge in [-0.2, -0.15) is 0 Å². The van der Waals surface area contributed by atoms with E-state index in [4.69, 9.17) is 9.47 Å². The van der Waals surface area contributed by atoms with Crippen molar-refractivity contribution >= 4 is 27.3 Å². The number of hydrogen-bond acceptors (Lipinski definition) is 4. The second-order valence-corrected chi connectivity index (χ2v) is 6.95. The normalized spacial score (nSPS) is 18.9. The zero-order valence-corrected chi connectivity index (χ0v) is 13.1. The Balaban J connectivity index is 1.74. The molecule has 0 aromatic carbocycles. The summed E-state index contributed by atoms with van der Waals surface area (Å²) >= 11 is 5.46. The Labute approximate surface area is 121 Å². The number of thiophene rings is 1. The molecule has 1 heterocycles. The Kier molecular flexibility index (Phi) is 6.11. The minimum Gasteiger partial charge on any atom is -0.382 e. The summed E-state index contributed by atoms with van der Waals surface area (Å²) in [5.41, 5.74) is 1.48. The highest BCUT2D eigenvalue weighted by atomic mass is 79.9. The minimum absolute atomic E-state index is 0.502. The first kappa shape index (κ1) is 14.5. The first-order valence-corrected chi connectivity index (χ1v) is 8.00. The van der Waals surface area contributed by atoms with Gasteiger partial charge in [-0.25, -0.2) is 0 Å². The van der Waals surface area contributed by atoms with Crippen LogP contribution in [0.15, 0.2) is 9.85 Å². The van der Waals surface area contributed by atoms with Gasteiger partial charge in [-0.15, -0.1) is 11.3 Å². The van der Waals surface area contributed by atoms with Gasteiger partial charge < -0.3 is 14.8 Å². The van der Waals surface area contributed by atoms with Crippen molar-refractivity contribution in [3.05, 3.63) is 20.3 Å². The van der Waals surface area contributed by atoms with E-state index < -0.39 is 0 Å². The molecular formula is C13H20BrNO2S. The molecule has 0 radical (unpaired) electrons. The van der Waals surface area contributed by atoms with Crippen molar-refractivity contribution in [2.45, 2.75) is 25.3 Å². The summed E-state index contributed by atoms with van der Waals surface area (Å²) in [6, 6.07) is 2.77. The largest absolute Gasteiger partial charge is 0.382 e. The average molecular weight is 334 g/mol. The summed E-state index contributed by atoms with van der Waals surface area (Å²) in [5.74, 6) is 0. The number of fused-ring (bicyclic) bond motifs is 1. The van der Waals surface area contributed by atoms with Crippen LogP contribution in [0.5, 0.6) is 0 Å². The van der Waals surface area contributed by atoms with Crippen LogP contribution >= 0.6 is 27.3 Å². The molecule has 0 bridgehead atoms. The number of nitrogens with one attached hydrogen (secondary N) is 1. The third kappa shape index (κ3) is 4.03. The van der Waals surface area contributed by atoms with Crippen LogP contribution < -0.4 is 5.32 Å². The minimum atomic E-state index is 0.502. The van der Waals surface area contributed by atoms with Crippen LogP contribution in [0.3, 0.4) is 0 Å². The predicted octanol–water partition coefficient (Wildman–Crippen LogP) is 3.14. The van der Waals surface area contributed by atoms with E-state index in [1.165, 1.54) is 33.5 Å². The lowest BCUT2D eigenvalue weighted by molar-refractivity contribution is 0.0708. The van der Waals surface area contributed by atoms with Crippen molar-refractivity contribution in [3.63, 3.8) is 0 Å². The SMILES string of the molecule is COCCOCCNC1CCCc2sc(Br)cc21. The number of methoxy groups -OCH3 is 1. The van der Waals surface area contributed by atoms with Gasteiger partial charge in [-0.3, -0.25) is 0 Å². The number of hydrogen-bond donors (Lipinski definition) is 1. The molecule has 1 unspecified atom stereocenters. The third-order valence-corrected chi connectivity index (χ3v) is 4.87. The fraction of sp³-hybridized carbons (Fsp3) is 0.692. The lowest BCUT2D eigenvalue weighted by Crippen LogP contribution is -2.27. The maximum absolute atomic E-state index is 5.46. The van der Waals surface area contributed by atoms with Crippen LogP contribution in [0, 0.1) is 0 Å². The summed E-state index contributed by atoms with van der Waals surface area (Å²) < 4.78 is 11.7. The van der Waals surface area contributed by atoms with E-state index in [0.29, 0.717) is 19.3 Å². The van der Waals surface area contributed by atoms with E-state index in [1.54, 1.807) is 7.11 Å². The average Bonchev–Trinajstić information content (AvgIpc) is 2.74. The van der Waals surface area contributed by atoms with Gasteiger partial charge in [0.2, 0.25) is 0 Å². The maximum atomic E-state index is 5.46. The zero-order valence-electron chi connectivity index (χ0n) is 10.7. The second-order valence-electron chi connectivity index (χ2n) is 4.43. The molecule has 1 aliphatic carbocycles. The standard InChI is InChI=1S/C13H20BrNO2S/c1-16-7-8-17-6-5-15-11-3-2-4-12-10(11)9-13(14)18-12/h9,11,15H,2-8H2,1H3. The molecule has 1 aromatic rings. The van der Waals surface area contributed by atoms with Gasteiger partial charge in [0.1, 0.15) is 0 Å². The van der Waals surface area contributed by atoms with Crippen molar-refractivity contribution in [3.8, 4) is 0 Å². The van der Waals surface area contributed by atoms with Crippen LogP contribution in [0.4, 0.5) is 0 Å². The Hall–Kier alpha value is 0.0600. The summed E-state index contributed by atoms with van der Waals surface area (Å²) in [7, 11) is 1.69. The van der Waals surface area contributed by atoms with E-state index in [-0.39, 0.29) is 0 Å². The van der Waals surface area contributed by atoms with Gasteiger partial charge in [-0.1, -0.05) is 0 Å². The van der Waals surface area contributed by atoms with Crippen molar-refractivity contribution < 1.29 is 9.47 Å². The molecule has 0 saturated heterocycles. The molecule has 0 spiro atoms. The number of aryl methyl sites for hydroxylation is 1. The second kappa shape index (κ2) is 7.60. The van der Waals surface area contributed by atoms with Gasteiger partial charge in [0, 0.05) is 24.6 Å². The van der Waals surface area contributed by atoms with Crippen LogP contribution in [-0.2, 0) is 15.9 Å². The Morgan fingerprint density at radius 2 is 2.33 bits per heavy atom. The molecule has 5 heteroatoms. The van der Waals surface area contributed by atoms with Crippen LogP contribution in [0.25, 0.3) is 0 Å². The molecule has 2 rings (SSSR count). The Bertz CT molecular complexity index is 370.